The third kappa shape index (κ3) is 1.94. The van der Waals surface area contributed by atoms with Crippen LogP contribution in [0.5, 0.6) is 0 Å². The minimum Gasteiger partial charge on any atom is -0.345 e. The maximum Gasteiger partial charge on any atom is 0.242 e. The molecule has 0 heterocycles. The summed E-state index contributed by atoms with van der Waals surface area (Å²) in [5.74, 6) is 0.594. The predicted molar refractivity (Wildman–Crippen MR) is 39.4 cm³/mol. The average molecular weight is 173 g/mol. The second-order valence-corrected chi connectivity index (χ2v) is 2.76. The Kier molecular flexibility index (Phi) is 2.64. The number of amides is 1. The summed E-state index contributed by atoms with van der Waals surface area (Å²) in [5.41, 5.74) is 0. The van der Waals surface area contributed by atoms with Crippen molar-refractivity contribution >= 4 is 5.91 Å². The molecule has 1 fully saturated rings. The van der Waals surface area contributed by atoms with Gasteiger partial charge in [-0.2, -0.15) is 0 Å². The largest absolute Gasteiger partial charge is 0.345 e. The van der Waals surface area contributed by atoms with E-state index in [4.69, 9.17) is 6.42 Å². The molecule has 0 unspecified atom stereocenters. The molecule has 1 N–H and O–H groups in total. The fraction of sp³-hybridized carbons (Fsp3) is 0.625. The molecule has 0 spiro atoms. The molecule has 4 heteroatoms. The van der Waals surface area contributed by atoms with Gasteiger partial charge in [0.25, 0.3) is 0 Å². The summed E-state index contributed by atoms with van der Waals surface area (Å²) in [4.78, 5) is 10.9. The van der Waals surface area contributed by atoms with E-state index in [0.717, 1.165) is 0 Å². The summed E-state index contributed by atoms with van der Waals surface area (Å²) in [6.07, 6.45) is 2.78. The number of hydrogen-bond donors (Lipinski definition) is 1. The van der Waals surface area contributed by atoms with Gasteiger partial charge >= 0.3 is 0 Å². The molecule has 0 aromatic heterocycles. The van der Waals surface area contributed by atoms with Gasteiger partial charge in [-0.25, -0.2) is 8.78 Å². The van der Waals surface area contributed by atoms with Crippen molar-refractivity contribution in [1.82, 2.24) is 5.32 Å². The number of nitrogens with one attached hydrogen (secondary N) is 1. The van der Waals surface area contributed by atoms with Gasteiger partial charge in [-0.05, 0) is 6.42 Å². The SMILES string of the molecule is C#CCNC(=O)[C@H]1C[C@@H]1C(F)F. The van der Waals surface area contributed by atoms with Gasteiger partial charge in [-0.1, -0.05) is 5.92 Å². The van der Waals surface area contributed by atoms with Crippen LogP contribution < -0.4 is 5.32 Å². The van der Waals surface area contributed by atoms with Gasteiger partial charge in [-0.3, -0.25) is 4.79 Å². The third-order valence-electron chi connectivity index (χ3n) is 1.86. The molecule has 0 aliphatic heterocycles. The molecule has 0 radical (unpaired) electrons. The maximum atomic E-state index is 11.9. The standard InChI is InChI=1S/C8H9F2NO/c1-2-3-11-8(12)6-4-5(6)7(9)10/h1,5-7H,3-4H2,(H,11,12)/t5-,6-/m0/s1. The van der Waals surface area contributed by atoms with E-state index in [9.17, 15) is 13.6 Å². The van der Waals surface area contributed by atoms with E-state index in [0.29, 0.717) is 0 Å². The molecular formula is C8H9F2NO. The van der Waals surface area contributed by atoms with Gasteiger partial charge in [0.15, 0.2) is 0 Å². The molecule has 0 saturated heterocycles. The number of terminal acetylenes is 1. The Labute approximate surface area is 69.3 Å². The van der Waals surface area contributed by atoms with E-state index in [1.54, 1.807) is 0 Å². The lowest BCUT2D eigenvalue weighted by Crippen LogP contribution is -2.26. The normalized spacial score (nSPS) is 26.5. The summed E-state index contributed by atoms with van der Waals surface area (Å²) in [6, 6.07) is 0. The zero-order valence-electron chi connectivity index (χ0n) is 6.39. The van der Waals surface area contributed by atoms with Crippen LogP contribution >= 0.6 is 0 Å². The molecule has 1 amide bonds. The van der Waals surface area contributed by atoms with Crippen LogP contribution in [0.3, 0.4) is 0 Å². The number of halogens is 2. The van der Waals surface area contributed by atoms with E-state index < -0.39 is 18.3 Å². The third-order valence-corrected chi connectivity index (χ3v) is 1.86. The van der Waals surface area contributed by atoms with Gasteiger partial charge in [0.05, 0.1) is 6.54 Å². The Balaban J connectivity index is 2.25. The van der Waals surface area contributed by atoms with Crippen molar-refractivity contribution in [3.63, 3.8) is 0 Å². The van der Waals surface area contributed by atoms with E-state index in [1.807, 2.05) is 0 Å². The smallest absolute Gasteiger partial charge is 0.242 e. The predicted octanol–water partition coefficient (Wildman–Crippen LogP) is 0.637. The average Bonchev–Trinajstić information content (AvgIpc) is 2.78. The molecule has 66 valence electrons. The molecule has 0 aromatic carbocycles. The van der Waals surface area contributed by atoms with E-state index in [1.165, 1.54) is 0 Å². The highest BCUT2D eigenvalue weighted by atomic mass is 19.3. The molecule has 2 atom stereocenters. The molecule has 1 aliphatic carbocycles. The summed E-state index contributed by atoms with van der Waals surface area (Å²) in [5, 5.41) is 2.37. The fourth-order valence-corrected chi connectivity index (χ4v) is 1.06. The van der Waals surface area contributed by atoms with Crippen molar-refractivity contribution in [2.24, 2.45) is 11.8 Å². The Bertz CT molecular complexity index is 222. The fourth-order valence-electron chi connectivity index (χ4n) is 1.06. The monoisotopic (exact) mass is 173 g/mol. The van der Waals surface area contributed by atoms with E-state index in [2.05, 4.69) is 11.2 Å². The lowest BCUT2D eigenvalue weighted by molar-refractivity contribution is -0.122. The van der Waals surface area contributed by atoms with Crippen LogP contribution in [0.25, 0.3) is 0 Å². The van der Waals surface area contributed by atoms with Crippen LogP contribution in [0.2, 0.25) is 0 Å². The molecule has 1 rings (SSSR count). The molecule has 0 aromatic rings. The second kappa shape index (κ2) is 3.53. The van der Waals surface area contributed by atoms with Crippen molar-refractivity contribution < 1.29 is 13.6 Å². The van der Waals surface area contributed by atoms with Crippen LogP contribution in [0.4, 0.5) is 8.78 Å². The summed E-state index contributed by atoms with van der Waals surface area (Å²) in [6.45, 7) is 0.116. The lowest BCUT2D eigenvalue weighted by atomic mass is 10.3. The van der Waals surface area contributed by atoms with Crippen molar-refractivity contribution in [2.45, 2.75) is 12.8 Å². The Morgan fingerprint density at radius 3 is 2.83 bits per heavy atom. The first kappa shape index (κ1) is 8.98. The van der Waals surface area contributed by atoms with Crippen molar-refractivity contribution in [3.05, 3.63) is 0 Å². The number of carbonyl (C=O) groups excluding carboxylic acids is 1. The van der Waals surface area contributed by atoms with Crippen LogP contribution in [-0.4, -0.2) is 18.9 Å². The molecule has 2 nitrogen and oxygen atoms in total. The van der Waals surface area contributed by atoms with Crippen molar-refractivity contribution in [2.75, 3.05) is 6.54 Å². The number of alkyl halides is 2. The number of rotatable bonds is 3. The van der Waals surface area contributed by atoms with Gasteiger partial charge in [0, 0.05) is 11.8 Å². The number of hydrogen-bond acceptors (Lipinski definition) is 1. The van der Waals surface area contributed by atoms with Crippen LogP contribution in [0.1, 0.15) is 6.42 Å². The summed E-state index contributed by atoms with van der Waals surface area (Å²) < 4.78 is 23.9. The Morgan fingerprint density at radius 2 is 2.42 bits per heavy atom. The van der Waals surface area contributed by atoms with Gasteiger partial charge < -0.3 is 5.32 Å². The zero-order valence-corrected chi connectivity index (χ0v) is 6.39. The lowest BCUT2D eigenvalue weighted by Gasteiger charge is -1.99. The van der Waals surface area contributed by atoms with Gasteiger partial charge in [0.1, 0.15) is 0 Å². The molecule has 0 bridgehead atoms. The Morgan fingerprint density at radius 1 is 1.75 bits per heavy atom. The highest BCUT2D eigenvalue weighted by Gasteiger charge is 2.48. The molecule has 1 saturated carbocycles. The first-order valence-electron chi connectivity index (χ1n) is 3.66. The van der Waals surface area contributed by atoms with E-state index >= 15 is 0 Å². The second-order valence-electron chi connectivity index (χ2n) is 2.76. The summed E-state index contributed by atoms with van der Waals surface area (Å²) in [7, 11) is 0. The first-order chi connectivity index (χ1) is 5.66. The van der Waals surface area contributed by atoms with Crippen LogP contribution in [0, 0.1) is 24.2 Å². The van der Waals surface area contributed by atoms with Crippen LogP contribution in [-0.2, 0) is 4.79 Å². The quantitative estimate of drug-likeness (QED) is 0.623. The topological polar surface area (TPSA) is 29.1 Å². The van der Waals surface area contributed by atoms with E-state index in [-0.39, 0.29) is 18.9 Å². The molecule has 1 aliphatic rings. The highest BCUT2D eigenvalue weighted by Crippen LogP contribution is 2.43. The maximum absolute atomic E-state index is 11.9. The van der Waals surface area contributed by atoms with Crippen molar-refractivity contribution in [3.8, 4) is 12.3 Å². The highest BCUT2D eigenvalue weighted by molar-refractivity contribution is 5.81. The van der Waals surface area contributed by atoms with Crippen LogP contribution in [0.15, 0.2) is 0 Å². The minimum atomic E-state index is -2.38. The molecule has 12 heavy (non-hydrogen) atoms. The number of carbonyl (C=O) groups is 1. The first-order valence-corrected chi connectivity index (χ1v) is 3.66. The Hall–Kier alpha value is -1.11. The van der Waals surface area contributed by atoms with Gasteiger partial charge in [-0.15, -0.1) is 6.42 Å². The summed E-state index contributed by atoms with van der Waals surface area (Å²) >= 11 is 0. The minimum absolute atomic E-state index is 0.116. The van der Waals surface area contributed by atoms with Gasteiger partial charge in [0.2, 0.25) is 12.3 Å². The van der Waals surface area contributed by atoms with Crippen molar-refractivity contribution in [1.29, 1.82) is 0 Å². The molecular weight excluding hydrogens is 164 g/mol. The zero-order chi connectivity index (χ0) is 9.14.